The molecule has 23 N–H and O–H groups in total. The molecule has 12 rings (SSSR count). The zero-order valence-corrected chi connectivity index (χ0v) is 57.7. The van der Waals surface area contributed by atoms with Crippen molar-refractivity contribution >= 4 is 53.1 Å². The highest BCUT2D eigenvalue weighted by atomic mass is 16.5. The van der Waals surface area contributed by atoms with E-state index < -0.39 is 150 Å². The number of hydrogen-bond acceptors (Lipinski definition) is 31. The average Bonchev–Trinajstić information content (AvgIpc) is 0.825. The number of aromatic carboxylic acids is 2. The van der Waals surface area contributed by atoms with E-state index in [1.807, 2.05) is 0 Å². The fraction of sp³-hybridized carbons (Fsp3) is 0. The van der Waals surface area contributed by atoms with Crippen LogP contribution in [0.4, 0.5) is 0 Å². The third-order valence-corrected chi connectivity index (χ3v) is 15.6. The van der Waals surface area contributed by atoms with E-state index in [0.717, 1.165) is 66.7 Å². The lowest BCUT2D eigenvalue weighted by Gasteiger charge is -2.09. The number of carboxylic acid groups (broad SMARTS) is 2. The third-order valence-electron chi connectivity index (χ3n) is 15.6. The Morgan fingerprint density at radius 1 is 0.211 bits per heavy atom. The van der Waals surface area contributed by atoms with Gasteiger partial charge in [-0.25, -0.2) is 9.59 Å². The molecule has 12 aromatic rings. The van der Waals surface area contributed by atoms with Gasteiger partial charge in [-0.2, -0.15) is 0 Å². The summed E-state index contributed by atoms with van der Waals surface area (Å²) in [6.07, 6.45) is 0. The molecule has 114 heavy (non-hydrogen) atoms. The lowest BCUT2D eigenvalue weighted by Crippen LogP contribution is -2.10. The van der Waals surface area contributed by atoms with Crippen LogP contribution in [0.25, 0.3) is 0 Å². The Kier molecular flexibility index (Phi) is 27.3. The second-order valence-electron chi connectivity index (χ2n) is 23.0. The van der Waals surface area contributed by atoms with Crippen LogP contribution in [0.15, 0.2) is 218 Å². The van der Waals surface area contributed by atoms with Gasteiger partial charge in [0, 0.05) is 30.3 Å². The van der Waals surface area contributed by atoms with Crippen molar-refractivity contribution in [3.05, 3.63) is 296 Å². The summed E-state index contributed by atoms with van der Waals surface area (Å²) in [6, 6.07) is 46.0. The topological polar surface area (TPSA) is 628 Å². The highest BCUT2D eigenvalue weighted by Crippen LogP contribution is 2.43. The van der Waals surface area contributed by atoms with E-state index in [1.165, 1.54) is 103 Å². The van der Waals surface area contributed by atoms with Gasteiger partial charge < -0.3 is 122 Å². The molecular weight excluding hydrogens is 1500 g/mol. The first-order valence-electron chi connectivity index (χ1n) is 31.9. The molecule has 0 radical (unpaired) electrons. The number of carbonyl (C=O) groups excluding carboxylic acids is 7. The maximum Gasteiger partial charge on any atom is 0.339 e. The molecule has 0 atom stereocenters. The zero-order chi connectivity index (χ0) is 84.3. The SMILES string of the molecule is O=C(O)c1cc(C(=O)c2ccccc2O)c(O)cc1O.O=C(O)c1cc(O)cc(O)c1C(=O)c1ccccc1O.O=C(c1ccccc1O)c1c(O)cc(O)cc1O.O=C(c1ccccc1O)c1cc(O)c(O)cc1O.O=C(c1ccccc1O)c1ccc(O)c(O)c1O.O=COc1c(O)ccc(C(=O)c2ccccc2O)c1O. The van der Waals surface area contributed by atoms with E-state index in [4.69, 9.17) is 25.5 Å². The number of phenolic OH excluding ortho intramolecular Hbond substituents is 20. The van der Waals surface area contributed by atoms with Crippen molar-refractivity contribution in [2.45, 2.75) is 0 Å². The summed E-state index contributed by atoms with van der Waals surface area (Å²) in [6.45, 7) is 0.0169. The molecule has 0 fully saturated rings. The largest absolute Gasteiger partial charge is 0.508 e. The van der Waals surface area contributed by atoms with Gasteiger partial charge in [-0.15, -0.1) is 0 Å². The van der Waals surface area contributed by atoms with Gasteiger partial charge in [0.2, 0.25) is 40.4 Å². The van der Waals surface area contributed by atoms with Gasteiger partial charge in [0.15, 0.2) is 40.3 Å². The number of hydrogen-bond donors (Lipinski definition) is 23. The molecule has 0 aliphatic carbocycles. The van der Waals surface area contributed by atoms with E-state index >= 15 is 0 Å². The summed E-state index contributed by atoms with van der Waals surface area (Å²) in [4.78, 5) is 105. The fourth-order valence-electron chi connectivity index (χ4n) is 10.0. The van der Waals surface area contributed by atoms with Gasteiger partial charge in [0.1, 0.15) is 91.6 Å². The van der Waals surface area contributed by atoms with Crippen molar-refractivity contribution < 1.29 is 165 Å². The molecule has 0 saturated heterocycles. The molecule has 0 aliphatic heterocycles. The number of para-hydroxylation sites is 6. The molecule has 0 aliphatic rings. The summed E-state index contributed by atoms with van der Waals surface area (Å²) >= 11 is 0. The minimum atomic E-state index is -1.48. The molecular formula is C81H60O33. The van der Waals surface area contributed by atoms with E-state index in [2.05, 4.69) is 4.74 Å². The molecule has 0 amide bonds. The first-order chi connectivity index (χ1) is 53.9. The van der Waals surface area contributed by atoms with Crippen LogP contribution in [-0.4, -0.2) is 171 Å². The summed E-state index contributed by atoms with van der Waals surface area (Å²) in [5.74, 6) is -17.8. The monoisotopic (exact) mass is 1560 g/mol. The molecule has 0 saturated carbocycles. The van der Waals surface area contributed by atoms with E-state index in [9.17, 15) is 135 Å². The Morgan fingerprint density at radius 2 is 0.500 bits per heavy atom. The van der Waals surface area contributed by atoms with Gasteiger partial charge in [0.05, 0.1) is 66.8 Å². The molecule has 33 heteroatoms. The Bertz CT molecular complexity index is 5670. The number of ketones is 6. The third kappa shape index (κ3) is 19.7. The molecule has 0 unspecified atom stereocenters. The van der Waals surface area contributed by atoms with Crippen LogP contribution in [0.1, 0.15) is 116 Å². The van der Waals surface area contributed by atoms with Crippen molar-refractivity contribution in [2.24, 2.45) is 0 Å². The highest BCUT2D eigenvalue weighted by Gasteiger charge is 2.29. The second-order valence-corrected chi connectivity index (χ2v) is 23.0. The molecule has 33 nitrogen and oxygen atoms in total. The van der Waals surface area contributed by atoms with Crippen molar-refractivity contribution in [3.63, 3.8) is 0 Å². The average molecular weight is 1560 g/mol. The molecule has 12 aromatic carbocycles. The van der Waals surface area contributed by atoms with Crippen molar-refractivity contribution in [2.75, 3.05) is 0 Å². The number of ether oxygens (including phenoxy) is 1. The van der Waals surface area contributed by atoms with Crippen LogP contribution in [0, 0.1) is 0 Å². The quantitative estimate of drug-likeness (QED) is 0.0185. The first-order valence-corrected chi connectivity index (χ1v) is 31.9. The lowest BCUT2D eigenvalue weighted by atomic mass is 9.96. The van der Waals surface area contributed by atoms with Crippen LogP contribution in [-0.2, 0) is 4.79 Å². The smallest absolute Gasteiger partial charge is 0.339 e. The number of carbonyl (C=O) groups is 9. The molecule has 0 bridgehead atoms. The van der Waals surface area contributed by atoms with Gasteiger partial charge in [-0.05, 0) is 115 Å². The second kappa shape index (κ2) is 36.9. The van der Waals surface area contributed by atoms with E-state index in [-0.39, 0.29) is 108 Å². The van der Waals surface area contributed by atoms with Crippen LogP contribution in [0.5, 0.6) is 126 Å². The number of carboxylic acids is 2. The number of phenols is 21. The van der Waals surface area contributed by atoms with E-state index in [0.29, 0.717) is 0 Å². The van der Waals surface area contributed by atoms with Crippen LogP contribution in [0.2, 0.25) is 0 Å². The Morgan fingerprint density at radius 3 is 0.868 bits per heavy atom. The Hall–Kier alpha value is -17.1. The van der Waals surface area contributed by atoms with Crippen LogP contribution >= 0.6 is 0 Å². The van der Waals surface area contributed by atoms with Gasteiger partial charge in [0.25, 0.3) is 6.47 Å². The minimum Gasteiger partial charge on any atom is -0.508 e. The maximum atomic E-state index is 12.3. The predicted octanol–water partition coefficient (Wildman–Crippen LogP) is 10.3. The molecule has 0 spiro atoms. The molecule has 0 aromatic heterocycles. The Balaban J connectivity index is 0.000000190. The van der Waals surface area contributed by atoms with Crippen molar-refractivity contribution in [1.29, 1.82) is 0 Å². The Labute approximate surface area is 638 Å². The minimum absolute atomic E-state index is 0.00195. The highest BCUT2D eigenvalue weighted by molar-refractivity contribution is 6.18. The standard InChI is InChI=1S/3C14H10O6.3C13H10O5/c15-7-5-9(14(19)20)12(11(17)6-7)13(18)8-3-1-2-4-10(8)16;15-10-4-2-1-3-7(10)13(18)8-5-9(14(19)20)12(17)6-11(8)16;15-7-20-14-11(17)6-5-9(13(14)19)12(18)8-3-1-2-4-10(8)16;14-7-5-10(16)12(11(17)6-7)13(18)8-3-1-2-4-9(8)15;14-9-4-2-1-3-7(9)13(18)8-5-11(16)12(17)6-10(8)15;14-9-4-2-1-3-7(9)11(16)8-5-6-10(15)13(18)12(8)17/h2*1-6,15-17H,(H,19,20);1-7,16-17,19H;2*1-6,14-17H;1-6,14-15,17-18H. The summed E-state index contributed by atoms with van der Waals surface area (Å²) in [5.41, 5.74) is -3.14. The number of rotatable bonds is 16. The van der Waals surface area contributed by atoms with Crippen molar-refractivity contribution in [1.82, 2.24) is 0 Å². The fourth-order valence-corrected chi connectivity index (χ4v) is 10.0. The predicted molar refractivity (Wildman–Crippen MR) is 393 cm³/mol. The molecule has 582 valence electrons. The number of benzene rings is 12. The van der Waals surface area contributed by atoms with Gasteiger partial charge in [-0.1, -0.05) is 72.8 Å². The van der Waals surface area contributed by atoms with Gasteiger partial charge in [-0.3, -0.25) is 33.6 Å². The maximum absolute atomic E-state index is 12.3. The first kappa shape index (κ1) is 84.1. The zero-order valence-electron chi connectivity index (χ0n) is 57.7. The lowest BCUT2D eigenvalue weighted by molar-refractivity contribution is -0.121. The van der Waals surface area contributed by atoms with Crippen LogP contribution in [0.3, 0.4) is 0 Å². The molecule has 0 heterocycles. The van der Waals surface area contributed by atoms with Crippen molar-refractivity contribution in [3.8, 4) is 126 Å². The summed E-state index contributed by atoms with van der Waals surface area (Å²) < 4.78 is 4.43. The normalized spacial score (nSPS) is 10.2. The van der Waals surface area contributed by atoms with Gasteiger partial charge >= 0.3 is 11.9 Å². The summed E-state index contributed by atoms with van der Waals surface area (Å²) in [7, 11) is 0. The summed E-state index contributed by atoms with van der Waals surface area (Å²) in [5, 5.41) is 217. The number of aromatic hydroxyl groups is 21. The van der Waals surface area contributed by atoms with Crippen LogP contribution < -0.4 is 4.74 Å². The van der Waals surface area contributed by atoms with E-state index in [1.54, 1.807) is 48.5 Å².